The molecular formula is C27H24F2N2O. The molecule has 4 aromatic rings. The third kappa shape index (κ3) is 4.42. The highest BCUT2D eigenvalue weighted by Crippen LogP contribution is 2.35. The molecule has 1 unspecified atom stereocenters. The van der Waals surface area contributed by atoms with Crippen LogP contribution in [0.25, 0.3) is 10.9 Å². The number of rotatable bonds is 7. The molecule has 1 aromatic heterocycles. The molecule has 162 valence electrons. The van der Waals surface area contributed by atoms with Crippen molar-refractivity contribution in [1.29, 1.82) is 0 Å². The summed E-state index contributed by atoms with van der Waals surface area (Å²) in [4.78, 5) is 12.8. The molecule has 1 atom stereocenters. The molecule has 32 heavy (non-hydrogen) atoms. The van der Waals surface area contributed by atoms with Crippen molar-refractivity contribution in [2.75, 3.05) is 0 Å². The van der Waals surface area contributed by atoms with Crippen molar-refractivity contribution in [1.82, 2.24) is 9.88 Å². The van der Waals surface area contributed by atoms with E-state index in [1.807, 2.05) is 18.2 Å². The lowest BCUT2D eigenvalue weighted by Gasteiger charge is -2.17. The average Bonchev–Trinajstić information content (AvgIpc) is 3.54. The highest BCUT2D eigenvalue weighted by Gasteiger charge is 2.27. The van der Waals surface area contributed by atoms with Crippen LogP contribution in [-0.2, 0) is 11.3 Å². The average molecular weight is 430 g/mol. The van der Waals surface area contributed by atoms with Gasteiger partial charge in [0.05, 0.1) is 0 Å². The van der Waals surface area contributed by atoms with Gasteiger partial charge < -0.3 is 9.88 Å². The molecule has 5 rings (SSSR count). The number of hydrogen-bond acceptors (Lipinski definition) is 1. The molecule has 5 heteroatoms. The zero-order valence-electron chi connectivity index (χ0n) is 17.6. The van der Waals surface area contributed by atoms with E-state index in [0.29, 0.717) is 13.0 Å². The summed E-state index contributed by atoms with van der Waals surface area (Å²) < 4.78 is 29.1. The lowest BCUT2D eigenvalue weighted by molar-refractivity contribution is -0.121. The van der Waals surface area contributed by atoms with Gasteiger partial charge in [-0.15, -0.1) is 0 Å². The molecule has 0 saturated heterocycles. The topological polar surface area (TPSA) is 34.0 Å². The van der Waals surface area contributed by atoms with Gasteiger partial charge in [-0.2, -0.15) is 0 Å². The van der Waals surface area contributed by atoms with Crippen LogP contribution in [0.2, 0.25) is 0 Å². The van der Waals surface area contributed by atoms with Crippen LogP contribution in [-0.4, -0.2) is 16.5 Å². The largest absolute Gasteiger partial charge is 0.353 e. The molecule has 3 nitrogen and oxygen atoms in total. The van der Waals surface area contributed by atoms with E-state index in [2.05, 4.69) is 22.1 Å². The van der Waals surface area contributed by atoms with Crippen molar-refractivity contribution in [2.24, 2.45) is 0 Å². The number of para-hydroxylation sites is 1. The van der Waals surface area contributed by atoms with Crippen LogP contribution in [0, 0.1) is 11.6 Å². The second kappa shape index (κ2) is 8.58. The Morgan fingerprint density at radius 3 is 2.28 bits per heavy atom. The maximum Gasteiger partial charge on any atom is 0.221 e. The van der Waals surface area contributed by atoms with E-state index >= 15 is 0 Å². The molecule has 1 aliphatic carbocycles. The van der Waals surface area contributed by atoms with Crippen LogP contribution >= 0.6 is 0 Å². The lowest BCUT2D eigenvalue weighted by Crippen LogP contribution is -2.27. The first-order chi connectivity index (χ1) is 15.6. The number of amides is 1. The summed E-state index contributed by atoms with van der Waals surface area (Å²) in [6, 6.07) is 21.3. The smallest absolute Gasteiger partial charge is 0.221 e. The third-order valence-electron chi connectivity index (χ3n) is 6.07. The van der Waals surface area contributed by atoms with E-state index in [1.165, 1.54) is 24.3 Å². The summed E-state index contributed by atoms with van der Waals surface area (Å²) >= 11 is 0. The Kier molecular flexibility index (Phi) is 5.48. The van der Waals surface area contributed by atoms with Gasteiger partial charge in [-0.05, 0) is 59.9 Å². The molecule has 1 saturated carbocycles. The number of carbonyl (C=O) groups excluding carboxylic acids is 1. The normalized spacial score (nSPS) is 14.4. The number of benzene rings is 3. The third-order valence-corrected chi connectivity index (χ3v) is 6.07. The maximum absolute atomic E-state index is 13.6. The molecule has 0 spiro atoms. The fourth-order valence-electron chi connectivity index (χ4n) is 4.27. The van der Waals surface area contributed by atoms with Crippen molar-refractivity contribution >= 4 is 16.8 Å². The number of fused-ring (bicyclic) bond motifs is 1. The molecule has 0 aliphatic heterocycles. The summed E-state index contributed by atoms with van der Waals surface area (Å²) in [6.45, 7) is 0.588. The van der Waals surface area contributed by atoms with Crippen LogP contribution in [0.3, 0.4) is 0 Å². The molecule has 1 aliphatic rings. The second-order valence-electron chi connectivity index (χ2n) is 8.51. The van der Waals surface area contributed by atoms with Crippen LogP contribution < -0.4 is 5.32 Å². The summed E-state index contributed by atoms with van der Waals surface area (Å²) in [5.74, 6) is -0.746. The van der Waals surface area contributed by atoms with Crippen LogP contribution in [0.4, 0.5) is 8.78 Å². The Morgan fingerprint density at radius 2 is 1.59 bits per heavy atom. The van der Waals surface area contributed by atoms with Gasteiger partial charge in [-0.3, -0.25) is 4.79 Å². The Balaban J connectivity index is 1.55. The first-order valence-corrected chi connectivity index (χ1v) is 10.9. The van der Waals surface area contributed by atoms with Crippen molar-refractivity contribution in [3.8, 4) is 0 Å². The Morgan fingerprint density at radius 1 is 0.938 bits per heavy atom. The number of carbonyl (C=O) groups is 1. The molecule has 0 bridgehead atoms. The van der Waals surface area contributed by atoms with Gasteiger partial charge >= 0.3 is 0 Å². The standard InChI is InChI=1S/C27H24F2N2O/c28-20-9-5-18(6-10-20)16-31-17-25(23-3-1-2-4-26(23)31)24(15-27(32)30-22-13-14-22)19-7-11-21(29)12-8-19/h1-12,17,22,24H,13-16H2,(H,30,32). The van der Waals surface area contributed by atoms with Crippen LogP contribution in [0.1, 0.15) is 41.9 Å². The molecule has 1 fully saturated rings. The molecule has 1 heterocycles. The van der Waals surface area contributed by atoms with Crippen molar-refractivity contribution in [3.05, 3.63) is 107 Å². The molecule has 0 radical (unpaired) electrons. The minimum atomic E-state index is -0.298. The van der Waals surface area contributed by atoms with E-state index in [4.69, 9.17) is 0 Å². The highest BCUT2D eigenvalue weighted by atomic mass is 19.1. The summed E-state index contributed by atoms with van der Waals surface area (Å²) in [5, 5.41) is 4.14. The van der Waals surface area contributed by atoms with E-state index in [9.17, 15) is 13.6 Å². The Bertz CT molecular complexity index is 1240. The second-order valence-corrected chi connectivity index (χ2v) is 8.51. The highest BCUT2D eigenvalue weighted by molar-refractivity contribution is 5.87. The van der Waals surface area contributed by atoms with E-state index < -0.39 is 0 Å². The minimum Gasteiger partial charge on any atom is -0.353 e. The zero-order chi connectivity index (χ0) is 22.1. The summed E-state index contributed by atoms with van der Waals surface area (Å²) in [7, 11) is 0. The first kappa shape index (κ1) is 20.4. The van der Waals surface area contributed by atoms with Gasteiger partial charge in [0, 0.05) is 42.0 Å². The zero-order valence-corrected chi connectivity index (χ0v) is 17.6. The minimum absolute atomic E-state index is 0.0113. The SMILES string of the molecule is O=C(CC(c1ccc(F)cc1)c1cn(Cc2ccc(F)cc2)c2ccccc12)NC1CC1. The van der Waals surface area contributed by atoms with Crippen LogP contribution in [0.5, 0.6) is 0 Å². The maximum atomic E-state index is 13.6. The predicted molar refractivity (Wildman–Crippen MR) is 121 cm³/mol. The van der Waals surface area contributed by atoms with Gasteiger partial charge in [0.25, 0.3) is 0 Å². The fraction of sp³-hybridized carbons (Fsp3) is 0.222. The van der Waals surface area contributed by atoms with Gasteiger partial charge in [0.15, 0.2) is 0 Å². The lowest BCUT2D eigenvalue weighted by atomic mass is 9.88. The van der Waals surface area contributed by atoms with Gasteiger partial charge in [0.2, 0.25) is 5.91 Å². The monoisotopic (exact) mass is 430 g/mol. The van der Waals surface area contributed by atoms with Gasteiger partial charge in [-0.1, -0.05) is 42.5 Å². The molecular weight excluding hydrogens is 406 g/mol. The van der Waals surface area contributed by atoms with Crippen molar-refractivity contribution in [3.63, 3.8) is 0 Å². The molecule has 3 aromatic carbocycles. The summed E-state index contributed by atoms with van der Waals surface area (Å²) in [6.07, 6.45) is 4.44. The number of halogens is 2. The van der Waals surface area contributed by atoms with Gasteiger partial charge in [0.1, 0.15) is 11.6 Å². The fourth-order valence-corrected chi connectivity index (χ4v) is 4.27. The number of aromatic nitrogens is 1. The van der Waals surface area contributed by atoms with Crippen molar-refractivity contribution in [2.45, 2.75) is 37.8 Å². The summed E-state index contributed by atoms with van der Waals surface area (Å²) in [5.41, 5.74) is 3.97. The number of hydrogen-bond donors (Lipinski definition) is 1. The van der Waals surface area contributed by atoms with E-state index in [0.717, 1.165) is 40.4 Å². The predicted octanol–water partition coefficient (Wildman–Crippen LogP) is 5.77. The Hall–Kier alpha value is -3.47. The van der Waals surface area contributed by atoms with E-state index in [1.54, 1.807) is 24.3 Å². The van der Waals surface area contributed by atoms with Crippen LogP contribution in [0.15, 0.2) is 79.0 Å². The van der Waals surface area contributed by atoms with Crippen molar-refractivity contribution < 1.29 is 13.6 Å². The first-order valence-electron chi connectivity index (χ1n) is 10.9. The number of nitrogens with zero attached hydrogens (tertiary/aromatic N) is 1. The molecule has 1 amide bonds. The number of nitrogens with one attached hydrogen (secondary N) is 1. The van der Waals surface area contributed by atoms with E-state index in [-0.39, 0.29) is 29.5 Å². The Labute approximate surface area is 185 Å². The quantitative estimate of drug-likeness (QED) is 0.397. The molecule has 1 N–H and O–H groups in total. The van der Waals surface area contributed by atoms with Gasteiger partial charge in [-0.25, -0.2) is 8.78 Å².